The third kappa shape index (κ3) is 6.39. The molecular weight excluding hydrogens is 232 g/mol. The van der Waals surface area contributed by atoms with Crippen LogP contribution in [-0.4, -0.2) is 56.8 Å². The highest BCUT2D eigenvalue weighted by atomic mass is 32.2. The molecule has 16 heavy (non-hydrogen) atoms. The van der Waals surface area contributed by atoms with Crippen LogP contribution in [0.1, 0.15) is 20.8 Å². The zero-order chi connectivity index (χ0) is 12.8. The van der Waals surface area contributed by atoms with E-state index in [1.165, 1.54) is 11.4 Å². The maximum absolute atomic E-state index is 11.8. The van der Waals surface area contributed by atoms with Gasteiger partial charge in [-0.25, -0.2) is 0 Å². The first kappa shape index (κ1) is 15.8. The topological polar surface area (TPSA) is 78.9 Å². The number of rotatable bonds is 8. The Bertz CT molecular complexity index is 284. The molecule has 0 aromatic carbocycles. The Balaban J connectivity index is 4.44. The van der Waals surface area contributed by atoms with Gasteiger partial charge in [0.2, 0.25) is 0 Å². The van der Waals surface area contributed by atoms with Gasteiger partial charge in [0.15, 0.2) is 0 Å². The van der Waals surface area contributed by atoms with Crippen LogP contribution in [0, 0.1) is 0 Å². The Kier molecular flexibility index (Phi) is 6.42. The molecule has 2 N–H and O–H groups in total. The summed E-state index contributed by atoms with van der Waals surface area (Å²) in [6, 6.07) is 0. The second-order valence-electron chi connectivity index (χ2n) is 4.13. The van der Waals surface area contributed by atoms with Crippen LogP contribution in [0.2, 0.25) is 0 Å². The van der Waals surface area contributed by atoms with Crippen molar-refractivity contribution in [3.05, 3.63) is 0 Å². The fourth-order valence-electron chi connectivity index (χ4n) is 1.16. The number of likely N-dealkylation sites (N-methyl/N-ethyl adjacent to an activating group) is 1. The molecule has 7 heteroatoms. The van der Waals surface area contributed by atoms with Crippen LogP contribution in [-0.2, 0) is 14.9 Å². The van der Waals surface area contributed by atoms with Crippen molar-refractivity contribution in [3.63, 3.8) is 0 Å². The Morgan fingerprint density at radius 2 is 2.00 bits per heavy atom. The summed E-state index contributed by atoms with van der Waals surface area (Å²) in [6.07, 6.45) is 0. The third-order valence-corrected chi connectivity index (χ3v) is 3.48. The number of ether oxygens (including phenoxy) is 1. The normalized spacial score (nSPS) is 13.4. The van der Waals surface area contributed by atoms with Crippen molar-refractivity contribution in [2.45, 2.75) is 26.4 Å². The van der Waals surface area contributed by atoms with Gasteiger partial charge >= 0.3 is 0 Å². The van der Waals surface area contributed by atoms with Crippen molar-refractivity contribution in [2.24, 2.45) is 0 Å². The number of aliphatic hydroxyl groups is 1. The Morgan fingerprint density at radius 3 is 2.38 bits per heavy atom. The van der Waals surface area contributed by atoms with Crippen LogP contribution in [0.4, 0.5) is 0 Å². The Labute approximate surface area is 97.8 Å². The molecule has 0 aromatic rings. The minimum atomic E-state index is -3.53. The largest absolute Gasteiger partial charge is 0.389 e. The SMILES string of the molecule is CCN(CC(C)(C)O)S(=O)(=O)NCCOC. The molecule has 6 nitrogen and oxygen atoms in total. The lowest BCUT2D eigenvalue weighted by Crippen LogP contribution is -2.47. The molecule has 0 aliphatic rings. The highest BCUT2D eigenvalue weighted by molar-refractivity contribution is 7.87. The number of hydrogen-bond acceptors (Lipinski definition) is 4. The predicted molar refractivity (Wildman–Crippen MR) is 62.3 cm³/mol. The Hall–Kier alpha value is -0.210. The first-order valence-electron chi connectivity index (χ1n) is 5.19. The lowest BCUT2D eigenvalue weighted by molar-refractivity contribution is 0.0597. The predicted octanol–water partition coefficient (Wildman–Crippen LogP) is -0.440. The highest BCUT2D eigenvalue weighted by Gasteiger charge is 2.26. The quantitative estimate of drug-likeness (QED) is 0.576. The average molecular weight is 254 g/mol. The van der Waals surface area contributed by atoms with Crippen LogP contribution in [0.5, 0.6) is 0 Å². The van der Waals surface area contributed by atoms with Gasteiger partial charge in [-0.1, -0.05) is 6.92 Å². The molecule has 0 aliphatic carbocycles. The summed E-state index contributed by atoms with van der Waals surface area (Å²) in [5.41, 5.74) is -1.05. The van der Waals surface area contributed by atoms with E-state index >= 15 is 0 Å². The molecular formula is C9H22N2O4S. The van der Waals surface area contributed by atoms with Crippen LogP contribution in [0.15, 0.2) is 0 Å². The van der Waals surface area contributed by atoms with Gasteiger partial charge in [-0.05, 0) is 13.8 Å². The second kappa shape index (κ2) is 6.51. The molecule has 0 saturated heterocycles. The smallest absolute Gasteiger partial charge is 0.279 e. The van der Waals surface area contributed by atoms with E-state index in [1.54, 1.807) is 20.8 Å². The van der Waals surface area contributed by atoms with E-state index in [9.17, 15) is 13.5 Å². The van der Waals surface area contributed by atoms with Crippen LogP contribution in [0.25, 0.3) is 0 Å². The van der Waals surface area contributed by atoms with Crippen LogP contribution >= 0.6 is 0 Å². The summed E-state index contributed by atoms with van der Waals surface area (Å²) < 4.78 is 31.9. The van der Waals surface area contributed by atoms with Gasteiger partial charge < -0.3 is 9.84 Å². The monoisotopic (exact) mass is 254 g/mol. The third-order valence-electron chi connectivity index (χ3n) is 1.85. The maximum atomic E-state index is 11.8. The summed E-state index contributed by atoms with van der Waals surface area (Å²) in [5, 5.41) is 9.60. The first-order valence-corrected chi connectivity index (χ1v) is 6.63. The minimum Gasteiger partial charge on any atom is -0.389 e. The second-order valence-corrected chi connectivity index (χ2v) is 5.89. The molecule has 0 spiro atoms. The zero-order valence-electron chi connectivity index (χ0n) is 10.4. The van der Waals surface area contributed by atoms with Gasteiger partial charge in [-0.2, -0.15) is 17.4 Å². The molecule has 0 aliphatic heterocycles. The van der Waals surface area contributed by atoms with Crippen LogP contribution in [0.3, 0.4) is 0 Å². The number of nitrogens with zero attached hydrogens (tertiary/aromatic N) is 1. The van der Waals surface area contributed by atoms with Crippen molar-refractivity contribution in [1.29, 1.82) is 0 Å². The molecule has 0 bridgehead atoms. The van der Waals surface area contributed by atoms with E-state index < -0.39 is 15.8 Å². The van der Waals surface area contributed by atoms with E-state index in [2.05, 4.69) is 4.72 Å². The summed E-state index contributed by atoms with van der Waals surface area (Å²) >= 11 is 0. The molecule has 0 unspecified atom stereocenters. The van der Waals surface area contributed by atoms with E-state index in [1.807, 2.05) is 0 Å². The van der Waals surface area contributed by atoms with E-state index in [0.29, 0.717) is 13.2 Å². The summed E-state index contributed by atoms with van der Waals surface area (Å²) in [5.74, 6) is 0. The summed E-state index contributed by atoms with van der Waals surface area (Å²) in [7, 11) is -2.03. The van der Waals surface area contributed by atoms with Crippen molar-refractivity contribution >= 4 is 10.2 Å². The fourth-order valence-corrected chi connectivity index (χ4v) is 2.51. The van der Waals surface area contributed by atoms with E-state index in [0.717, 1.165) is 0 Å². The number of methoxy groups -OCH3 is 1. The molecule has 0 saturated carbocycles. The first-order chi connectivity index (χ1) is 7.23. The standard InChI is InChI=1S/C9H22N2O4S/c1-5-11(8-9(2,3)12)16(13,14)10-6-7-15-4/h10,12H,5-8H2,1-4H3. The zero-order valence-corrected chi connectivity index (χ0v) is 11.2. The van der Waals surface area contributed by atoms with Crippen molar-refractivity contribution in [3.8, 4) is 0 Å². The van der Waals surface area contributed by atoms with Crippen molar-refractivity contribution < 1.29 is 18.3 Å². The lowest BCUT2D eigenvalue weighted by Gasteiger charge is -2.27. The van der Waals surface area contributed by atoms with Crippen molar-refractivity contribution in [1.82, 2.24) is 9.03 Å². The van der Waals surface area contributed by atoms with Crippen LogP contribution < -0.4 is 4.72 Å². The van der Waals surface area contributed by atoms with Gasteiger partial charge in [0.05, 0.1) is 12.2 Å². The molecule has 0 aromatic heterocycles. The molecule has 0 rings (SSSR count). The van der Waals surface area contributed by atoms with Gasteiger partial charge in [0, 0.05) is 26.7 Å². The molecule has 0 atom stereocenters. The molecule has 0 radical (unpaired) electrons. The van der Waals surface area contributed by atoms with Gasteiger partial charge in [0.1, 0.15) is 0 Å². The number of hydrogen-bond donors (Lipinski definition) is 2. The van der Waals surface area contributed by atoms with E-state index in [-0.39, 0.29) is 13.1 Å². The fraction of sp³-hybridized carbons (Fsp3) is 1.00. The van der Waals surface area contributed by atoms with E-state index in [4.69, 9.17) is 4.74 Å². The average Bonchev–Trinajstić information content (AvgIpc) is 2.13. The summed E-state index contributed by atoms with van der Waals surface area (Å²) in [6.45, 7) is 5.78. The number of nitrogens with one attached hydrogen (secondary N) is 1. The van der Waals surface area contributed by atoms with Gasteiger partial charge in [0.25, 0.3) is 10.2 Å². The summed E-state index contributed by atoms with van der Waals surface area (Å²) in [4.78, 5) is 0. The highest BCUT2D eigenvalue weighted by Crippen LogP contribution is 2.07. The molecule has 0 fully saturated rings. The van der Waals surface area contributed by atoms with Crippen molar-refractivity contribution in [2.75, 3.05) is 33.4 Å². The lowest BCUT2D eigenvalue weighted by atomic mass is 10.1. The van der Waals surface area contributed by atoms with Gasteiger partial charge in [-0.15, -0.1) is 0 Å². The molecule has 0 amide bonds. The Morgan fingerprint density at radius 1 is 1.44 bits per heavy atom. The molecule has 0 heterocycles. The van der Waals surface area contributed by atoms with Gasteiger partial charge in [-0.3, -0.25) is 0 Å². The molecule has 98 valence electrons. The maximum Gasteiger partial charge on any atom is 0.279 e. The minimum absolute atomic E-state index is 0.0613.